The van der Waals surface area contributed by atoms with Crippen molar-refractivity contribution in [3.8, 4) is 0 Å². The van der Waals surface area contributed by atoms with Gasteiger partial charge in [0.05, 0.1) is 9.79 Å². The van der Waals surface area contributed by atoms with Gasteiger partial charge in [0.25, 0.3) is 5.91 Å². The van der Waals surface area contributed by atoms with Gasteiger partial charge in [-0.2, -0.15) is 4.31 Å². The van der Waals surface area contributed by atoms with Crippen LogP contribution in [0.3, 0.4) is 0 Å². The molecule has 0 aliphatic carbocycles. The molecule has 0 saturated carbocycles. The number of nitrogens with one attached hydrogen (secondary N) is 2. The van der Waals surface area contributed by atoms with E-state index < -0.39 is 26.0 Å². The van der Waals surface area contributed by atoms with Crippen LogP contribution >= 0.6 is 0 Å². The highest BCUT2D eigenvalue weighted by Gasteiger charge is 2.23. The van der Waals surface area contributed by atoms with Crippen LogP contribution in [0.2, 0.25) is 0 Å². The second-order valence-electron chi connectivity index (χ2n) is 8.37. The number of amides is 1. The summed E-state index contributed by atoms with van der Waals surface area (Å²) in [6.45, 7) is 7.30. The number of rotatable bonds is 15. The van der Waals surface area contributed by atoms with Crippen LogP contribution in [0.15, 0.2) is 58.3 Å². The quantitative estimate of drug-likeness (QED) is 0.331. The first-order valence-corrected chi connectivity index (χ1v) is 15.1. The molecule has 2 rings (SSSR count). The fourth-order valence-electron chi connectivity index (χ4n) is 3.35. The SMILES string of the molecule is CCCCNS(=O)(=O)c1cccc(C(=O)Nc2ccc(S(=O)(=O)N(CCCC)CCCC)cc2)c1. The zero-order valence-electron chi connectivity index (χ0n) is 20.8. The molecule has 0 radical (unpaired) electrons. The molecule has 194 valence electrons. The second-order valence-corrected chi connectivity index (χ2v) is 12.1. The Bertz CT molecular complexity index is 1160. The van der Waals surface area contributed by atoms with Crippen LogP contribution < -0.4 is 10.0 Å². The molecule has 0 saturated heterocycles. The molecule has 0 aliphatic heterocycles. The third-order valence-electron chi connectivity index (χ3n) is 5.50. The summed E-state index contributed by atoms with van der Waals surface area (Å²) in [4.78, 5) is 12.9. The Balaban J connectivity index is 2.14. The van der Waals surface area contributed by atoms with Crippen LogP contribution in [0.1, 0.15) is 69.7 Å². The number of carbonyl (C=O) groups excluding carboxylic acids is 1. The van der Waals surface area contributed by atoms with Gasteiger partial charge in [0.15, 0.2) is 0 Å². The van der Waals surface area contributed by atoms with Crippen LogP contribution in [0.4, 0.5) is 5.69 Å². The molecular formula is C25H37N3O5S2. The lowest BCUT2D eigenvalue weighted by molar-refractivity contribution is 0.102. The normalized spacial score (nSPS) is 12.1. The lowest BCUT2D eigenvalue weighted by atomic mass is 10.2. The summed E-state index contributed by atoms with van der Waals surface area (Å²) in [5.74, 6) is -0.487. The molecule has 0 bridgehead atoms. The minimum atomic E-state index is -3.71. The van der Waals surface area contributed by atoms with Gasteiger partial charge in [-0.05, 0) is 61.7 Å². The van der Waals surface area contributed by atoms with Gasteiger partial charge >= 0.3 is 0 Å². The lowest BCUT2D eigenvalue weighted by Gasteiger charge is -2.22. The van der Waals surface area contributed by atoms with E-state index in [1.54, 1.807) is 0 Å². The first-order chi connectivity index (χ1) is 16.7. The smallest absolute Gasteiger partial charge is 0.255 e. The highest BCUT2D eigenvalue weighted by atomic mass is 32.2. The number of carbonyl (C=O) groups is 1. The van der Waals surface area contributed by atoms with Crippen molar-refractivity contribution in [2.24, 2.45) is 0 Å². The second kappa shape index (κ2) is 13.7. The molecule has 0 spiro atoms. The maximum atomic E-state index is 13.1. The van der Waals surface area contributed by atoms with Crippen molar-refractivity contribution in [3.63, 3.8) is 0 Å². The third-order valence-corrected chi connectivity index (χ3v) is 8.87. The summed E-state index contributed by atoms with van der Waals surface area (Å²) in [6.07, 6.45) is 4.97. The van der Waals surface area contributed by atoms with Gasteiger partial charge in [-0.15, -0.1) is 0 Å². The molecule has 35 heavy (non-hydrogen) atoms. The Morgan fingerprint density at radius 2 is 1.40 bits per heavy atom. The zero-order valence-corrected chi connectivity index (χ0v) is 22.4. The fourth-order valence-corrected chi connectivity index (χ4v) is 5.99. The molecule has 0 atom stereocenters. The third kappa shape index (κ3) is 8.42. The van der Waals surface area contributed by atoms with Crippen molar-refractivity contribution in [2.75, 3.05) is 25.0 Å². The first kappa shape index (κ1) is 29.0. The number of hydrogen-bond donors (Lipinski definition) is 2. The highest BCUT2D eigenvalue weighted by Crippen LogP contribution is 2.21. The summed E-state index contributed by atoms with van der Waals surface area (Å²) in [5.41, 5.74) is 0.599. The van der Waals surface area contributed by atoms with Crippen molar-refractivity contribution in [2.45, 2.75) is 69.1 Å². The number of benzene rings is 2. The van der Waals surface area contributed by atoms with Gasteiger partial charge in [-0.3, -0.25) is 4.79 Å². The first-order valence-electron chi connectivity index (χ1n) is 12.2. The van der Waals surface area contributed by atoms with Crippen molar-refractivity contribution in [3.05, 3.63) is 54.1 Å². The van der Waals surface area contributed by atoms with Gasteiger partial charge < -0.3 is 5.32 Å². The number of unbranched alkanes of at least 4 members (excludes halogenated alkanes) is 3. The predicted molar refractivity (Wildman–Crippen MR) is 140 cm³/mol. The van der Waals surface area contributed by atoms with E-state index in [1.165, 1.54) is 52.8 Å². The van der Waals surface area contributed by atoms with Crippen LogP contribution in [0, 0.1) is 0 Å². The Morgan fingerprint density at radius 1 is 0.800 bits per heavy atom. The minimum Gasteiger partial charge on any atom is -0.322 e. The maximum Gasteiger partial charge on any atom is 0.255 e. The van der Waals surface area contributed by atoms with E-state index in [0.717, 1.165) is 38.5 Å². The van der Waals surface area contributed by atoms with Crippen LogP contribution in [0.25, 0.3) is 0 Å². The van der Waals surface area contributed by atoms with Gasteiger partial charge in [-0.1, -0.05) is 46.1 Å². The number of nitrogens with zero attached hydrogens (tertiary/aromatic N) is 1. The summed E-state index contributed by atoms with van der Waals surface area (Å²) in [7, 11) is -7.33. The molecule has 8 nitrogen and oxygen atoms in total. The van der Waals surface area contributed by atoms with Crippen LogP contribution in [-0.2, 0) is 20.0 Å². The van der Waals surface area contributed by atoms with Gasteiger partial charge in [0.2, 0.25) is 20.0 Å². The number of anilines is 1. The van der Waals surface area contributed by atoms with Gasteiger partial charge in [0, 0.05) is 30.9 Å². The molecule has 1 amide bonds. The van der Waals surface area contributed by atoms with E-state index in [0.29, 0.717) is 25.3 Å². The molecule has 10 heteroatoms. The molecule has 2 aromatic rings. The highest BCUT2D eigenvalue weighted by molar-refractivity contribution is 7.89. The summed E-state index contributed by atoms with van der Waals surface area (Å²) >= 11 is 0. The fraction of sp³-hybridized carbons (Fsp3) is 0.480. The summed E-state index contributed by atoms with van der Waals surface area (Å²) < 4.78 is 55.2. The standard InChI is InChI=1S/C25H37N3O5S2/c1-4-7-17-26-34(30,31)24-12-10-11-21(20-24)25(29)27-22-13-15-23(16-14-22)35(32,33)28(18-8-5-2)19-9-6-3/h10-16,20,26H,4-9,17-19H2,1-3H3,(H,27,29). The molecule has 0 aliphatic rings. The van der Waals surface area contributed by atoms with Crippen LogP contribution in [0.5, 0.6) is 0 Å². The van der Waals surface area contributed by atoms with Gasteiger partial charge in [0.1, 0.15) is 0 Å². The van der Waals surface area contributed by atoms with Crippen LogP contribution in [-0.4, -0.2) is 46.7 Å². The summed E-state index contributed by atoms with van der Waals surface area (Å²) in [5, 5.41) is 2.70. The van der Waals surface area contributed by atoms with Gasteiger partial charge in [-0.25, -0.2) is 21.6 Å². The predicted octanol–water partition coefficient (Wildman–Crippen LogP) is 4.61. The molecule has 2 N–H and O–H groups in total. The van der Waals surface area contributed by atoms with E-state index in [9.17, 15) is 21.6 Å². The average Bonchev–Trinajstić information content (AvgIpc) is 2.84. The molecule has 0 aromatic heterocycles. The minimum absolute atomic E-state index is 0.0157. The number of hydrogen-bond acceptors (Lipinski definition) is 5. The van der Waals surface area contributed by atoms with Crippen molar-refractivity contribution in [1.29, 1.82) is 0 Å². The maximum absolute atomic E-state index is 13.1. The van der Waals surface area contributed by atoms with E-state index >= 15 is 0 Å². The van der Waals surface area contributed by atoms with Crippen molar-refractivity contribution >= 4 is 31.6 Å². The average molecular weight is 524 g/mol. The molecule has 0 heterocycles. The molecule has 2 aromatic carbocycles. The largest absolute Gasteiger partial charge is 0.322 e. The number of sulfonamides is 2. The summed E-state index contributed by atoms with van der Waals surface area (Å²) in [6, 6.07) is 11.8. The Hall–Kier alpha value is -2.27. The molecular weight excluding hydrogens is 486 g/mol. The van der Waals surface area contributed by atoms with Crippen molar-refractivity contribution in [1.82, 2.24) is 9.03 Å². The van der Waals surface area contributed by atoms with E-state index in [-0.39, 0.29) is 15.4 Å². The van der Waals surface area contributed by atoms with E-state index in [2.05, 4.69) is 10.0 Å². The molecule has 0 fully saturated rings. The lowest BCUT2D eigenvalue weighted by Crippen LogP contribution is -2.33. The topological polar surface area (TPSA) is 113 Å². The Labute approximate surface area is 210 Å². The van der Waals surface area contributed by atoms with Crippen molar-refractivity contribution < 1.29 is 21.6 Å². The van der Waals surface area contributed by atoms with E-state index in [4.69, 9.17) is 0 Å². The van der Waals surface area contributed by atoms with E-state index in [1.807, 2.05) is 20.8 Å². The Kier molecular flexibility index (Phi) is 11.4. The molecule has 0 unspecified atom stereocenters. The monoisotopic (exact) mass is 523 g/mol. The Morgan fingerprint density at radius 3 is 1.97 bits per heavy atom. The zero-order chi connectivity index (χ0) is 25.9.